The molecule has 1 aromatic carbocycles. The van der Waals surface area contributed by atoms with Crippen LogP contribution in [0, 0.1) is 0 Å². The van der Waals surface area contributed by atoms with E-state index in [0.29, 0.717) is 36.4 Å². The normalized spacial score (nSPS) is 22.0. The summed E-state index contributed by atoms with van der Waals surface area (Å²) < 4.78 is 0. The molecular weight excluding hydrogens is 278 g/mol. The van der Waals surface area contributed by atoms with E-state index < -0.39 is 11.5 Å². The standard InChI is InChI=1S/C15H18ClNO3/c1-2-8-15(14(19)20)9-5-10-17(15)13(18)11-6-3-4-7-12(11)16/h3-4,6-7H,2,5,8-10H2,1H3,(H,19,20). The average molecular weight is 296 g/mol. The molecule has 1 aliphatic rings. The third-order valence-electron chi connectivity index (χ3n) is 3.90. The minimum absolute atomic E-state index is 0.288. The van der Waals surface area contributed by atoms with Gasteiger partial charge in [0.05, 0.1) is 10.6 Å². The minimum Gasteiger partial charge on any atom is -0.479 e. The number of halogens is 1. The first-order chi connectivity index (χ1) is 9.53. The van der Waals surface area contributed by atoms with Crippen molar-refractivity contribution in [1.29, 1.82) is 0 Å². The monoisotopic (exact) mass is 295 g/mol. The van der Waals surface area contributed by atoms with Crippen LogP contribution < -0.4 is 0 Å². The van der Waals surface area contributed by atoms with Gasteiger partial charge in [-0.3, -0.25) is 4.79 Å². The fourth-order valence-corrected chi connectivity index (χ4v) is 3.17. The van der Waals surface area contributed by atoms with Crippen molar-refractivity contribution in [1.82, 2.24) is 4.90 Å². The number of rotatable bonds is 4. The molecule has 1 unspecified atom stereocenters. The molecule has 1 saturated heterocycles. The second kappa shape index (κ2) is 5.83. The molecule has 0 bridgehead atoms. The van der Waals surface area contributed by atoms with Crippen molar-refractivity contribution in [2.75, 3.05) is 6.54 Å². The summed E-state index contributed by atoms with van der Waals surface area (Å²) in [5.41, 5.74) is -0.705. The summed E-state index contributed by atoms with van der Waals surface area (Å²) in [4.78, 5) is 25.8. The second-order valence-electron chi connectivity index (χ2n) is 5.13. The number of benzene rings is 1. The Morgan fingerprint density at radius 3 is 2.70 bits per heavy atom. The van der Waals surface area contributed by atoms with E-state index in [0.717, 1.165) is 6.42 Å². The molecule has 0 spiro atoms. The van der Waals surface area contributed by atoms with Gasteiger partial charge in [0.2, 0.25) is 0 Å². The number of carbonyl (C=O) groups is 2. The average Bonchev–Trinajstić information content (AvgIpc) is 2.84. The molecular formula is C15H18ClNO3. The van der Waals surface area contributed by atoms with Gasteiger partial charge in [0.25, 0.3) is 5.91 Å². The Hall–Kier alpha value is -1.55. The Kier molecular flexibility index (Phi) is 4.33. The maximum atomic E-state index is 12.6. The fraction of sp³-hybridized carbons (Fsp3) is 0.467. The van der Waals surface area contributed by atoms with Crippen LogP contribution in [-0.4, -0.2) is 34.0 Å². The number of carboxylic acid groups (broad SMARTS) is 1. The largest absolute Gasteiger partial charge is 0.479 e. The van der Waals surface area contributed by atoms with Crippen molar-refractivity contribution >= 4 is 23.5 Å². The molecule has 108 valence electrons. The smallest absolute Gasteiger partial charge is 0.329 e. The van der Waals surface area contributed by atoms with E-state index in [1.165, 1.54) is 4.90 Å². The number of nitrogens with zero attached hydrogens (tertiary/aromatic N) is 1. The van der Waals surface area contributed by atoms with Gasteiger partial charge in [0.15, 0.2) is 0 Å². The first-order valence-electron chi connectivity index (χ1n) is 6.83. The van der Waals surface area contributed by atoms with Crippen molar-refractivity contribution in [2.24, 2.45) is 0 Å². The van der Waals surface area contributed by atoms with Crippen molar-refractivity contribution in [2.45, 2.75) is 38.1 Å². The summed E-state index contributed by atoms with van der Waals surface area (Å²) in [6, 6.07) is 6.77. The molecule has 1 fully saturated rings. The summed E-state index contributed by atoms with van der Waals surface area (Å²) in [5, 5.41) is 9.96. The van der Waals surface area contributed by atoms with Crippen LogP contribution >= 0.6 is 11.6 Å². The summed E-state index contributed by atoms with van der Waals surface area (Å²) >= 11 is 6.05. The van der Waals surface area contributed by atoms with E-state index in [1.807, 2.05) is 6.92 Å². The lowest BCUT2D eigenvalue weighted by atomic mass is 9.90. The number of likely N-dealkylation sites (tertiary alicyclic amines) is 1. The fourth-order valence-electron chi connectivity index (χ4n) is 2.96. The van der Waals surface area contributed by atoms with Crippen molar-refractivity contribution in [3.63, 3.8) is 0 Å². The molecule has 1 aliphatic heterocycles. The number of hydrogen-bond donors (Lipinski definition) is 1. The molecule has 0 aromatic heterocycles. The topological polar surface area (TPSA) is 57.6 Å². The van der Waals surface area contributed by atoms with Gasteiger partial charge >= 0.3 is 5.97 Å². The minimum atomic E-state index is -1.08. The van der Waals surface area contributed by atoms with Crippen LogP contribution in [0.5, 0.6) is 0 Å². The maximum Gasteiger partial charge on any atom is 0.329 e. The highest BCUT2D eigenvalue weighted by atomic mass is 35.5. The third kappa shape index (κ3) is 2.40. The first kappa shape index (κ1) is 14.9. The Labute approximate surface area is 123 Å². The predicted octanol–water partition coefficient (Wildman–Crippen LogP) is 3.20. The SMILES string of the molecule is CCCC1(C(=O)O)CCCN1C(=O)c1ccccc1Cl. The summed E-state index contributed by atoms with van der Waals surface area (Å²) in [5.74, 6) is -1.21. The molecule has 1 heterocycles. The molecule has 1 aromatic rings. The van der Waals surface area contributed by atoms with Crippen molar-refractivity contribution in [3.8, 4) is 0 Å². The van der Waals surface area contributed by atoms with E-state index in [1.54, 1.807) is 24.3 Å². The zero-order chi connectivity index (χ0) is 14.8. The molecule has 5 heteroatoms. The zero-order valence-corrected chi connectivity index (χ0v) is 12.2. The first-order valence-corrected chi connectivity index (χ1v) is 7.20. The predicted molar refractivity (Wildman–Crippen MR) is 77.0 cm³/mol. The molecule has 1 N–H and O–H groups in total. The Bertz CT molecular complexity index is 532. The van der Waals surface area contributed by atoms with Gasteiger partial charge in [0.1, 0.15) is 5.54 Å². The lowest BCUT2D eigenvalue weighted by Gasteiger charge is -2.34. The molecule has 20 heavy (non-hydrogen) atoms. The Balaban J connectivity index is 2.38. The third-order valence-corrected chi connectivity index (χ3v) is 4.23. The van der Waals surface area contributed by atoms with Crippen LogP contribution in [0.25, 0.3) is 0 Å². The molecule has 1 amide bonds. The van der Waals surface area contributed by atoms with E-state index in [4.69, 9.17) is 11.6 Å². The highest BCUT2D eigenvalue weighted by Gasteiger charge is 2.49. The summed E-state index contributed by atoms with van der Waals surface area (Å²) in [6.45, 7) is 2.40. The van der Waals surface area contributed by atoms with Gasteiger partial charge in [-0.25, -0.2) is 4.79 Å². The lowest BCUT2D eigenvalue weighted by Crippen LogP contribution is -2.53. The molecule has 0 saturated carbocycles. The van der Waals surface area contributed by atoms with E-state index >= 15 is 0 Å². The van der Waals surface area contributed by atoms with Gasteiger partial charge in [0, 0.05) is 6.54 Å². The van der Waals surface area contributed by atoms with Crippen LogP contribution in [0.4, 0.5) is 0 Å². The molecule has 0 radical (unpaired) electrons. The van der Waals surface area contributed by atoms with Crippen LogP contribution in [0.3, 0.4) is 0 Å². The van der Waals surface area contributed by atoms with Crippen molar-refractivity contribution in [3.05, 3.63) is 34.9 Å². The van der Waals surface area contributed by atoms with Crippen LogP contribution in [0.2, 0.25) is 5.02 Å². The van der Waals surface area contributed by atoms with Gasteiger partial charge in [-0.15, -0.1) is 0 Å². The van der Waals surface area contributed by atoms with Gasteiger partial charge in [-0.2, -0.15) is 0 Å². The Morgan fingerprint density at radius 2 is 2.10 bits per heavy atom. The molecule has 4 nitrogen and oxygen atoms in total. The van der Waals surface area contributed by atoms with Crippen molar-refractivity contribution < 1.29 is 14.7 Å². The second-order valence-corrected chi connectivity index (χ2v) is 5.53. The molecule has 1 atom stereocenters. The van der Waals surface area contributed by atoms with E-state index in [2.05, 4.69) is 0 Å². The molecule has 0 aliphatic carbocycles. The van der Waals surface area contributed by atoms with Gasteiger partial charge < -0.3 is 10.0 Å². The zero-order valence-electron chi connectivity index (χ0n) is 11.4. The number of carboxylic acids is 1. The van der Waals surface area contributed by atoms with Crippen LogP contribution in [0.15, 0.2) is 24.3 Å². The quantitative estimate of drug-likeness (QED) is 0.928. The number of carbonyl (C=O) groups excluding carboxylic acids is 1. The lowest BCUT2D eigenvalue weighted by molar-refractivity contribution is -0.148. The van der Waals surface area contributed by atoms with Gasteiger partial charge in [-0.1, -0.05) is 37.1 Å². The summed E-state index contributed by atoms with van der Waals surface area (Å²) in [6.07, 6.45) is 2.41. The van der Waals surface area contributed by atoms with Gasteiger partial charge in [-0.05, 0) is 31.4 Å². The highest BCUT2D eigenvalue weighted by molar-refractivity contribution is 6.33. The number of hydrogen-bond acceptors (Lipinski definition) is 2. The number of aliphatic carboxylic acids is 1. The van der Waals surface area contributed by atoms with E-state index in [-0.39, 0.29) is 5.91 Å². The Morgan fingerprint density at radius 1 is 1.40 bits per heavy atom. The van der Waals surface area contributed by atoms with Crippen LogP contribution in [0.1, 0.15) is 43.0 Å². The van der Waals surface area contributed by atoms with Crippen LogP contribution in [-0.2, 0) is 4.79 Å². The summed E-state index contributed by atoms with van der Waals surface area (Å²) in [7, 11) is 0. The van der Waals surface area contributed by atoms with E-state index in [9.17, 15) is 14.7 Å². The number of amides is 1. The highest BCUT2D eigenvalue weighted by Crippen LogP contribution is 2.36. The molecule has 2 rings (SSSR count). The maximum absolute atomic E-state index is 12.6.